The molecule has 3 aromatic rings. The van der Waals surface area contributed by atoms with Gasteiger partial charge in [-0.1, -0.05) is 36.4 Å². The predicted molar refractivity (Wildman–Crippen MR) is 78.8 cm³/mol. The summed E-state index contributed by atoms with van der Waals surface area (Å²) in [6, 6.07) is 19.4. The van der Waals surface area contributed by atoms with E-state index in [9.17, 15) is 14.9 Å². The van der Waals surface area contributed by atoms with Gasteiger partial charge in [0.05, 0.1) is 11.1 Å². The van der Waals surface area contributed by atoms with Gasteiger partial charge in [0, 0.05) is 5.56 Å². The van der Waals surface area contributed by atoms with Crippen molar-refractivity contribution in [2.24, 2.45) is 0 Å². The van der Waals surface area contributed by atoms with Crippen LogP contribution in [0.3, 0.4) is 0 Å². The van der Waals surface area contributed by atoms with E-state index >= 15 is 0 Å². The second kappa shape index (κ2) is 5.07. The van der Waals surface area contributed by atoms with Gasteiger partial charge in [0.2, 0.25) is 0 Å². The van der Waals surface area contributed by atoms with Gasteiger partial charge in [0.1, 0.15) is 18.0 Å². The molecule has 0 aromatic heterocycles. The Morgan fingerprint density at radius 2 is 1.67 bits per heavy atom. The summed E-state index contributed by atoms with van der Waals surface area (Å²) in [7, 11) is 0. The molecule has 0 spiro atoms. The molecule has 0 fully saturated rings. The third kappa shape index (κ3) is 2.12. The predicted octanol–water partition coefficient (Wildman–Crippen LogP) is 4.39. The Kier molecular flexibility index (Phi) is 3.10. The Bertz CT molecular complexity index is 930. The summed E-state index contributed by atoms with van der Waals surface area (Å²) in [6.45, 7) is 0. The molecule has 0 heterocycles. The average molecular weight is 272 g/mol. The first kappa shape index (κ1) is 12.8. The van der Waals surface area contributed by atoms with E-state index in [0.29, 0.717) is 16.7 Å². The number of halogens is 1. The molecule has 3 rings (SSSR count). The van der Waals surface area contributed by atoms with Crippen LogP contribution in [-0.4, -0.2) is 0 Å². The summed E-state index contributed by atoms with van der Waals surface area (Å²) in [5.74, 6) is -0.372. The Hall–Kier alpha value is -3.17. The number of hydrogen-bond acceptors (Lipinski definition) is 2. The van der Waals surface area contributed by atoms with Gasteiger partial charge < -0.3 is 0 Å². The van der Waals surface area contributed by atoms with Gasteiger partial charge in [-0.2, -0.15) is 10.5 Å². The molecule has 0 saturated heterocycles. The van der Waals surface area contributed by atoms with Crippen molar-refractivity contribution in [3.8, 4) is 23.3 Å². The molecule has 98 valence electrons. The molecule has 0 amide bonds. The number of rotatable bonds is 1. The van der Waals surface area contributed by atoms with Crippen molar-refractivity contribution >= 4 is 10.8 Å². The maximum atomic E-state index is 13.5. The first-order chi connectivity index (χ1) is 10.2. The number of benzene rings is 3. The third-order valence-electron chi connectivity index (χ3n) is 3.39. The van der Waals surface area contributed by atoms with Crippen LogP contribution in [0.25, 0.3) is 21.9 Å². The van der Waals surface area contributed by atoms with Crippen LogP contribution in [-0.2, 0) is 0 Å². The molecule has 3 aromatic carbocycles. The summed E-state index contributed by atoms with van der Waals surface area (Å²) >= 11 is 0. The zero-order chi connectivity index (χ0) is 14.8. The lowest BCUT2D eigenvalue weighted by molar-refractivity contribution is 0.628. The first-order valence-electron chi connectivity index (χ1n) is 6.36. The minimum Gasteiger partial charge on any atom is -0.207 e. The van der Waals surface area contributed by atoms with E-state index in [2.05, 4.69) is 6.07 Å². The van der Waals surface area contributed by atoms with Gasteiger partial charge >= 0.3 is 0 Å². The van der Waals surface area contributed by atoms with Crippen LogP contribution < -0.4 is 0 Å². The lowest BCUT2D eigenvalue weighted by atomic mass is 9.90. The summed E-state index contributed by atoms with van der Waals surface area (Å²) < 4.78 is 13.5. The zero-order valence-electron chi connectivity index (χ0n) is 11.0. The zero-order valence-corrected chi connectivity index (χ0v) is 11.0. The molecule has 0 unspecified atom stereocenters. The van der Waals surface area contributed by atoms with Crippen LogP contribution in [0.1, 0.15) is 11.1 Å². The number of fused-ring (bicyclic) bond motifs is 1. The normalized spacial score (nSPS) is 10.0. The summed E-state index contributed by atoms with van der Waals surface area (Å²) in [6.07, 6.45) is 0. The molecule has 3 heteroatoms. The van der Waals surface area contributed by atoms with Crippen molar-refractivity contribution in [1.82, 2.24) is 0 Å². The van der Waals surface area contributed by atoms with E-state index in [-0.39, 0.29) is 11.4 Å². The van der Waals surface area contributed by atoms with E-state index < -0.39 is 0 Å². The second-order valence-corrected chi connectivity index (χ2v) is 4.63. The molecule has 0 bridgehead atoms. The Morgan fingerprint density at radius 1 is 0.857 bits per heavy atom. The number of hydrogen-bond donors (Lipinski definition) is 0. The third-order valence-corrected chi connectivity index (χ3v) is 3.39. The van der Waals surface area contributed by atoms with Crippen LogP contribution in [0.2, 0.25) is 0 Å². The topological polar surface area (TPSA) is 47.6 Å². The highest BCUT2D eigenvalue weighted by Gasteiger charge is 2.15. The van der Waals surface area contributed by atoms with Gasteiger partial charge in [-0.15, -0.1) is 0 Å². The van der Waals surface area contributed by atoms with E-state index in [1.165, 1.54) is 12.1 Å². The fourth-order valence-corrected chi connectivity index (χ4v) is 2.50. The van der Waals surface area contributed by atoms with Crippen LogP contribution in [0.15, 0.2) is 54.6 Å². The average Bonchev–Trinajstić information content (AvgIpc) is 2.52. The first-order valence-corrected chi connectivity index (χ1v) is 6.36. The van der Waals surface area contributed by atoms with Gasteiger partial charge in [-0.05, 0) is 34.5 Å². The Labute approximate surface area is 121 Å². The van der Waals surface area contributed by atoms with Crippen LogP contribution in [0.5, 0.6) is 0 Å². The highest BCUT2D eigenvalue weighted by molar-refractivity contribution is 6.00. The van der Waals surface area contributed by atoms with Crippen molar-refractivity contribution in [2.45, 2.75) is 0 Å². The lowest BCUT2D eigenvalue weighted by Crippen LogP contribution is -1.93. The minimum absolute atomic E-state index is 0.279. The highest BCUT2D eigenvalue weighted by Crippen LogP contribution is 2.34. The largest absolute Gasteiger partial charge is 0.207 e. The van der Waals surface area contributed by atoms with Crippen molar-refractivity contribution in [2.75, 3.05) is 0 Å². The molecular weight excluding hydrogens is 263 g/mol. The monoisotopic (exact) mass is 272 g/mol. The molecule has 0 atom stereocenters. The van der Waals surface area contributed by atoms with Crippen molar-refractivity contribution < 1.29 is 4.39 Å². The van der Waals surface area contributed by atoms with Crippen LogP contribution in [0, 0.1) is 28.5 Å². The van der Waals surface area contributed by atoms with Gasteiger partial charge in [-0.3, -0.25) is 0 Å². The van der Waals surface area contributed by atoms with Gasteiger partial charge in [-0.25, -0.2) is 4.39 Å². The van der Waals surface area contributed by atoms with Crippen molar-refractivity contribution in [1.29, 1.82) is 10.5 Å². The maximum absolute atomic E-state index is 13.5. The minimum atomic E-state index is -0.372. The second-order valence-electron chi connectivity index (χ2n) is 4.63. The molecule has 0 N–H and O–H groups in total. The van der Waals surface area contributed by atoms with Crippen LogP contribution in [0.4, 0.5) is 4.39 Å². The molecule has 0 aliphatic heterocycles. The van der Waals surface area contributed by atoms with Gasteiger partial charge in [0.15, 0.2) is 0 Å². The molecule has 0 aliphatic rings. The SMILES string of the molecule is N#Cc1cc2ccccc2c(-c2cccc(F)c2)c1C#N. The molecule has 2 nitrogen and oxygen atoms in total. The number of nitrogens with zero attached hydrogens (tertiary/aromatic N) is 2. The fraction of sp³-hybridized carbons (Fsp3) is 0. The van der Waals surface area contributed by atoms with E-state index in [4.69, 9.17) is 0 Å². The number of nitriles is 2. The molecular formula is C18H9FN2. The van der Waals surface area contributed by atoms with Crippen LogP contribution >= 0.6 is 0 Å². The lowest BCUT2D eigenvalue weighted by Gasteiger charge is -2.11. The fourth-order valence-electron chi connectivity index (χ4n) is 2.50. The molecule has 21 heavy (non-hydrogen) atoms. The Balaban J connectivity index is 2.50. The molecule has 0 radical (unpaired) electrons. The van der Waals surface area contributed by atoms with Crippen molar-refractivity contribution in [3.05, 3.63) is 71.5 Å². The summed E-state index contributed by atoms with van der Waals surface area (Å²) in [4.78, 5) is 0. The molecule has 0 saturated carbocycles. The summed E-state index contributed by atoms with van der Waals surface area (Å²) in [5.41, 5.74) is 1.78. The smallest absolute Gasteiger partial charge is 0.123 e. The van der Waals surface area contributed by atoms with Crippen molar-refractivity contribution in [3.63, 3.8) is 0 Å². The van der Waals surface area contributed by atoms with E-state index in [1.807, 2.05) is 30.3 Å². The van der Waals surface area contributed by atoms with Gasteiger partial charge in [0.25, 0.3) is 0 Å². The quantitative estimate of drug-likeness (QED) is 0.659. The Morgan fingerprint density at radius 3 is 2.38 bits per heavy atom. The highest BCUT2D eigenvalue weighted by atomic mass is 19.1. The van der Waals surface area contributed by atoms with E-state index in [1.54, 1.807) is 18.2 Å². The standard InChI is InChI=1S/C18H9FN2/c19-15-6-3-5-13(9-15)18-16-7-2-1-4-12(16)8-14(10-20)17(18)11-21/h1-9H. The maximum Gasteiger partial charge on any atom is 0.123 e. The molecule has 0 aliphatic carbocycles. The summed E-state index contributed by atoms with van der Waals surface area (Å²) in [5, 5.41) is 20.4. The van der Waals surface area contributed by atoms with E-state index in [0.717, 1.165) is 10.8 Å².